The molecule has 1 aromatic rings. The molecule has 18 heavy (non-hydrogen) atoms. The zero-order valence-electron chi connectivity index (χ0n) is 10.6. The van der Waals surface area contributed by atoms with Crippen molar-refractivity contribution in [2.45, 2.75) is 6.42 Å². The molecular weight excluding hydrogens is 224 g/mol. The van der Waals surface area contributed by atoms with Crippen LogP contribution in [0.1, 0.15) is 15.9 Å². The molecule has 3 heteroatoms. The number of nitrogens with two attached hydrogens (primary N) is 1. The number of hydrogen-bond acceptors (Lipinski definition) is 2. The Kier molecular flexibility index (Phi) is 5.88. The van der Waals surface area contributed by atoms with Crippen LogP contribution < -0.4 is 5.73 Å². The fraction of sp³-hybridized carbons (Fsp3) is 0.267. The molecule has 0 atom stereocenters. The molecule has 0 fully saturated rings. The van der Waals surface area contributed by atoms with Crippen molar-refractivity contribution in [1.82, 2.24) is 4.90 Å². The molecule has 0 aliphatic rings. The summed E-state index contributed by atoms with van der Waals surface area (Å²) in [7, 11) is 0. The second-order valence-electron chi connectivity index (χ2n) is 3.98. The first-order valence-electron chi connectivity index (χ1n) is 6.03. The van der Waals surface area contributed by atoms with Crippen molar-refractivity contribution in [2.24, 2.45) is 5.73 Å². The number of carbonyl (C=O) groups is 1. The first kappa shape index (κ1) is 14.2. The van der Waals surface area contributed by atoms with E-state index in [2.05, 4.69) is 13.2 Å². The molecule has 0 heterocycles. The van der Waals surface area contributed by atoms with Crippen LogP contribution in [-0.4, -0.2) is 30.4 Å². The van der Waals surface area contributed by atoms with Gasteiger partial charge in [0.25, 0.3) is 5.91 Å². The molecule has 2 N–H and O–H groups in total. The molecule has 0 aliphatic carbocycles. The van der Waals surface area contributed by atoms with Crippen LogP contribution in [0.4, 0.5) is 0 Å². The van der Waals surface area contributed by atoms with E-state index in [1.165, 1.54) is 0 Å². The van der Waals surface area contributed by atoms with Crippen LogP contribution in [-0.2, 0) is 6.42 Å². The zero-order chi connectivity index (χ0) is 13.4. The maximum atomic E-state index is 12.4. The minimum atomic E-state index is -0.00106. The van der Waals surface area contributed by atoms with Crippen molar-refractivity contribution < 1.29 is 4.79 Å². The fourth-order valence-corrected chi connectivity index (χ4v) is 1.82. The monoisotopic (exact) mass is 244 g/mol. The fourth-order valence-electron chi connectivity index (χ4n) is 1.82. The maximum Gasteiger partial charge on any atom is 0.254 e. The Morgan fingerprint density at radius 1 is 1.22 bits per heavy atom. The van der Waals surface area contributed by atoms with Gasteiger partial charge in [0, 0.05) is 18.7 Å². The van der Waals surface area contributed by atoms with E-state index in [9.17, 15) is 4.79 Å². The molecule has 3 nitrogen and oxygen atoms in total. The number of nitrogens with zero attached hydrogens (tertiary/aromatic N) is 1. The molecular formula is C15H20N2O. The van der Waals surface area contributed by atoms with Gasteiger partial charge in [-0.2, -0.15) is 0 Å². The van der Waals surface area contributed by atoms with Crippen molar-refractivity contribution in [1.29, 1.82) is 0 Å². The van der Waals surface area contributed by atoms with Gasteiger partial charge in [0.2, 0.25) is 0 Å². The smallest absolute Gasteiger partial charge is 0.254 e. The van der Waals surface area contributed by atoms with Crippen molar-refractivity contribution in [3.8, 4) is 0 Å². The van der Waals surface area contributed by atoms with Crippen LogP contribution >= 0.6 is 0 Å². The molecule has 0 radical (unpaired) electrons. The van der Waals surface area contributed by atoms with Gasteiger partial charge < -0.3 is 10.6 Å². The molecule has 0 saturated carbocycles. The highest BCUT2D eigenvalue weighted by atomic mass is 16.2. The van der Waals surface area contributed by atoms with Crippen molar-refractivity contribution >= 4 is 5.91 Å². The number of carbonyl (C=O) groups excluding carboxylic acids is 1. The highest BCUT2D eigenvalue weighted by Gasteiger charge is 2.16. The van der Waals surface area contributed by atoms with Gasteiger partial charge in [0.05, 0.1) is 0 Å². The van der Waals surface area contributed by atoms with Gasteiger partial charge in [-0.3, -0.25) is 4.79 Å². The summed E-state index contributed by atoms with van der Waals surface area (Å²) in [6, 6.07) is 7.58. The Hall–Kier alpha value is -1.87. The molecule has 0 bridgehead atoms. The summed E-state index contributed by atoms with van der Waals surface area (Å²) in [6.45, 7) is 8.91. The zero-order valence-corrected chi connectivity index (χ0v) is 10.6. The van der Waals surface area contributed by atoms with Gasteiger partial charge in [-0.05, 0) is 24.6 Å². The Balaban J connectivity index is 2.99. The lowest BCUT2D eigenvalue weighted by molar-refractivity contribution is 0.0790. The van der Waals surface area contributed by atoms with Crippen LogP contribution in [0, 0.1) is 0 Å². The van der Waals surface area contributed by atoms with Crippen LogP contribution in [0.15, 0.2) is 49.6 Å². The lowest BCUT2D eigenvalue weighted by atomic mass is 10.0. The summed E-state index contributed by atoms with van der Waals surface area (Å²) >= 11 is 0. The number of hydrogen-bond donors (Lipinski definition) is 1. The number of benzene rings is 1. The van der Waals surface area contributed by atoms with Gasteiger partial charge in [-0.1, -0.05) is 30.4 Å². The number of rotatable bonds is 7. The van der Waals surface area contributed by atoms with Crippen molar-refractivity contribution in [3.63, 3.8) is 0 Å². The Morgan fingerprint density at radius 3 is 2.39 bits per heavy atom. The average molecular weight is 244 g/mol. The normalized spacial score (nSPS) is 9.83. The second-order valence-corrected chi connectivity index (χ2v) is 3.98. The Morgan fingerprint density at radius 2 is 1.83 bits per heavy atom. The molecule has 96 valence electrons. The Bertz CT molecular complexity index is 416. The van der Waals surface area contributed by atoms with Gasteiger partial charge in [-0.15, -0.1) is 13.2 Å². The molecule has 0 aliphatic heterocycles. The van der Waals surface area contributed by atoms with E-state index in [1.54, 1.807) is 17.1 Å². The third-order valence-corrected chi connectivity index (χ3v) is 2.65. The summed E-state index contributed by atoms with van der Waals surface area (Å²) in [4.78, 5) is 14.1. The van der Waals surface area contributed by atoms with E-state index in [-0.39, 0.29) is 5.91 Å². The van der Waals surface area contributed by atoms with Crippen LogP contribution in [0.25, 0.3) is 0 Å². The van der Waals surface area contributed by atoms with E-state index < -0.39 is 0 Å². The predicted octanol–water partition coefficient (Wildman–Crippen LogP) is 2.00. The Labute approximate surface area is 109 Å². The van der Waals surface area contributed by atoms with E-state index in [1.807, 2.05) is 24.3 Å². The summed E-state index contributed by atoms with van der Waals surface area (Å²) in [6.07, 6.45) is 4.14. The topological polar surface area (TPSA) is 46.3 Å². The van der Waals surface area contributed by atoms with Crippen LogP contribution in [0.3, 0.4) is 0 Å². The van der Waals surface area contributed by atoms with Gasteiger partial charge in [-0.25, -0.2) is 0 Å². The van der Waals surface area contributed by atoms with Crippen molar-refractivity contribution in [3.05, 3.63) is 60.7 Å². The minimum Gasteiger partial charge on any atom is -0.331 e. The molecule has 1 amide bonds. The van der Waals surface area contributed by atoms with Gasteiger partial charge in [0.15, 0.2) is 0 Å². The standard InChI is InChI=1S/C15H20N2O/c1-3-11-17(12-4-2)15(18)14-8-6-5-7-13(14)9-10-16/h3-8H,1-2,9-12,16H2. The third kappa shape index (κ3) is 3.57. The third-order valence-electron chi connectivity index (χ3n) is 2.65. The average Bonchev–Trinajstić information content (AvgIpc) is 2.39. The molecule has 0 unspecified atom stereocenters. The first-order valence-corrected chi connectivity index (χ1v) is 6.03. The van der Waals surface area contributed by atoms with Gasteiger partial charge in [0.1, 0.15) is 0 Å². The van der Waals surface area contributed by atoms with Gasteiger partial charge >= 0.3 is 0 Å². The summed E-state index contributed by atoms with van der Waals surface area (Å²) in [5.74, 6) is -0.00106. The van der Waals surface area contributed by atoms with E-state index in [0.29, 0.717) is 31.6 Å². The quantitative estimate of drug-likeness (QED) is 0.746. The lowest BCUT2D eigenvalue weighted by Crippen LogP contribution is -2.32. The minimum absolute atomic E-state index is 0.00106. The highest BCUT2D eigenvalue weighted by Crippen LogP contribution is 2.12. The molecule has 0 saturated heterocycles. The van der Waals surface area contributed by atoms with Crippen LogP contribution in [0.2, 0.25) is 0 Å². The van der Waals surface area contributed by atoms with Crippen molar-refractivity contribution in [2.75, 3.05) is 19.6 Å². The summed E-state index contributed by atoms with van der Waals surface area (Å²) < 4.78 is 0. The lowest BCUT2D eigenvalue weighted by Gasteiger charge is -2.20. The molecule has 0 spiro atoms. The number of amides is 1. The highest BCUT2D eigenvalue weighted by molar-refractivity contribution is 5.95. The molecule has 1 rings (SSSR count). The molecule has 1 aromatic carbocycles. The molecule has 0 aromatic heterocycles. The predicted molar refractivity (Wildman–Crippen MR) is 75.5 cm³/mol. The van der Waals surface area contributed by atoms with E-state index >= 15 is 0 Å². The maximum absolute atomic E-state index is 12.4. The second kappa shape index (κ2) is 7.45. The summed E-state index contributed by atoms with van der Waals surface area (Å²) in [5, 5.41) is 0. The van der Waals surface area contributed by atoms with Crippen LogP contribution in [0.5, 0.6) is 0 Å². The largest absolute Gasteiger partial charge is 0.331 e. The first-order chi connectivity index (χ1) is 8.74. The summed E-state index contributed by atoms with van der Waals surface area (Å²) in [5.41, 5.74) is 7.27. The van der Waals surface area contributed by atoms with E-state index in [4.69, 9.17) is 5.73 Å². The van der Waals surface area contributed by atoms with E-state index in [0.717, 1.165) is 5.56 Å². The SMILES string of the molecule is C=CCN(CC=C)C(=O)c1ccccc1CCN.